The molecule has 2 aromatic rings. The lowest BCUT2D eigenvalue weighted by Crippen LogP contribution is -2.11. The van der Waals surface area contributed by atoms with Crippen LogP contribution in [0.4, 0.5) is 0 Å². The minimum Gasteiger partial charge on any atom is -0.481 e. The second-order valence-electron chi connectivity index (χ2n) is 3.86. The summed E-state index contributed by atoms with van der Waals surface area (Å²) in [5.74, 6) is -1.02. The van der Waals surface area contributed by atoms with E-state index in [0.717, 1.165) is 10.2 Å². The summed E-state index contributed by atoms with van der Waals surface area (Å²) >= 11 is 3.39. The second-order valence-corrected chi connectivity index (χ2v) is 4.72. The molecule has 0 atom stereocenters. The quantitative estimate of drug-likeness (QED) is 0.908. The molecule has 0 spiro atoms. The molecule has 94 valence electrons. The van der Waals surface area contributed by atoms with Gasteiger partial charge in [-0.2, -0.15) is 0 Å². The van der Waals surface area contributed by atoms with E-state index in [2.05, 4.69) is 21.0 Å². The number of carbonyl (C=O) groups is 1. The van der Waals surface area contributed by atoms with Crippen LogP contribution in [0.15, 0.2) is 33.5 Å². The number of aromatic amines is 1. The van der Waals surface area contributed by atoms with Crippen molar-refractivity contribution in [1.29, 1.82) is 0 Å². The predicted octanol–water partition coefficient (Wildman–Crippen LogP) is 1.86. The average Bonchev–Trinajstić information content (AvgIpc) is 2.57. The Labute approximate surface area is 111 Å². The van der Waals surface area contributed by atoms with E-state index in [9.17, 15) is 9.59 Å². The van der Waals surface area contributed by atoms with Gasteiger partial charge in [0.05, 0.1) is 17.7 Å². The van der Waals surface area contributed by atoms with Gasteiger partial charge in [-0.15, -0.1) is 0 Å². The Morgan fingerprint density at radius 3 is 2.72 bits per heavy atom. The maximum absolute atomic E-state index is 11.7. The van der Waals surface area contributed by atoms with Gasteiger partial charge in [0.15, 0.2) is 0 Å². The van der Waals surface area contributed by atoms with Crippen LogP contribution in [0.5, 0.6) is 0 Å². The van der Waals surface area contributed by atoms with Gasteiger partial charge in [-0.05, 0) is 35.0 Å². The zero-order chi connectivity index (χ0) is 13.3. The van der Waals surface area contributed by atoms with Crippen molar-refractivity contribution < 1.29 is 9.90 Å². The molecule has 1 heterocycles. The zero-order valence-electron chi connectivity index (χ0n) is 9.61. The number of benzene rings is 1. The molecule has 0 aliphatic carbocycles. The van der Waals surface area contributed by atoms with Crippen molar-refractivity contribution in [3.63, 3.8) is 0 Å². The van der Waals surface area contributed by atoms with Crippen LogP contribution in [0.3, 0.4) is 0 Å². The van der Waals surface area contributed by atoms with E-state index in [1.165, 1.54) is 0 Å². The number of nitrogens with zero attached hydrogens (tertiary/aromatic N) is 1. The van der Waals surface area contributed by atoms with Crippen LogP contribution in [-0.2, 0) is 11.2 Å². The first-order valence-electron chi connectivity index (χ1n) is 5.28. The molecule has 0 amide bonds. The molecule has 2 N–H and O–H groups in total. The molecule has 0 saturated heterocycles. The number of hydrogen-bond donors (Lipinski definition) is 2. The fourth-order valence-corrected chi connectivity index (χ4v) is 2.25. The summed E-state index contributed by atoms with van der Waals surface area (Å²) in [7, 11) is 0. The molecule has 2 rings (SSSR count). The summed E-state index contributed by atoms with van der Waals surface area (Å²) in [5.41, 5.74) is 1.28. The molecule has 18 heavy (non-hydrogen) atoms. The van der Waals surface area contributed by atoms with Crippen LogP contribution in [0.2, 0.25) is 0 Å². The van der Waals surface area contributed by atoms with Crippen molar-refractivity contribution in [3.8, 4) is 5.69 Å². The van der Waals surface area contributed by atoms with Gasteiger partial charge in [0, 0.05) is 10.2 Å². The number of nitrogens with one attached hydrogen (secondary N) is 1. The van der Waals surface area contributed by atoms with E-state index in [-0.39, 0.29) is 17.5 Å². The number of rotatable bonds is 3. The SMILES string of the molecule is Cc1c(CC(=O)O)c(=O)[nH]n1-c1ccccc1Br. The van der Waals surface area contributed by atoms with Crippen LogP contribution in [0.1, 0.15) is 11.3 Å². The first-order chi connectivity index (χ1) is 8.50. The third-order valence-corrected chi connectivity index (χ3v) is 3.35. The van der Waals surface area contributed by atoms with E-state index in [0.29, 0.717) is 5.69 Å². The molecule has 6 heteroatoms. The van der Waals surface area contributed by atoms with Crippen LogP contribution in [0.25, 0.3) is 5.69 Å². The molecule has 1 aromatic heterocycles. The molecule has 0 unspecified atom stereocenters. The number of hydrogen-bond acceptors (Lipinski definition) is 2. The molecular formula is C12H11BrN2O3. The summed E-state index contributed by atoms with van der Waals surface area (Å²) in [4.78, 5) is 22.4. The Morgan fingerprint density at radius 2 is 2.11 bits per heavy atom. The summed E-state index contributed by atoms with van der Waals surface area (Å²) < 4.78 is 2.41. The highest BCUT2D eigenvalue weighted by atomic mass is 79.9. The average molecular weight is 311 g/mol. The van der Waals surface area contributed by atoms with Crippen molar-refractivity contribution >= 4 is 21.9 Å². The van der Waals surface area contributed by atoms with E-state index < -0.39 is 5.97 Å². The molecular weight excluding hydrogens is 300 g/mol. The van der Waals surface area contributed by atoms with E-state index in [4.69, 9.17) is 5.11 Å². The minimum atomic E-state index is -1.02. The fourth-order valence-electron chi connectivity index (χ4n) is 1.79. The number of carboxylic acids is 1. The molecule has 0 fully saturated rings. The van der Waals surface area contributed by atoms with Crippen LogP contribution >= 0.6 is 15.9 Å². The zero-order valence-corrected chi connectivity index (χ0v) is 11.2. The van der Waals surface area contributed by atoms with E-state index in [1.807, 2.05) is 24.3 Å². The Balaban J connectivity index is 2.58. The topological polar surface area (TPSA) is 75.1 Å². The fraction of sp³-hybridized carbons (Fsp3) is 0.167. The van der Waals surface area contributed by atoms with Crippen molar-refractivity contribution in [2.45, 2.75) is 13.3 Å². The smallest absolute Gasteiger partial charge is 0.308 e. The first kappa shape index (κ1) is 12.6. The third-order valence-electron chi connectivity index (χ3n) is 2.68. The van der Waals surface area contributed by atoms with Gasteiger partial charge in [-0.1, -0.05) is 12.1 Å². The van der Waals surface area contributed by atoms with Crippen molar-refractivity contribution in [2.24, 2.45) is 0 Å². The highest BCUT2D eigenvalue weighted by molar-refractivity contribution is 9.10. The minimum absolute atomic E-state index is 0.276. The Bertz CT molecular complexity index is 658. The van der Waals surface area contributed by atoms with Crippen LogP contribution in [-0.4, -0.2) is 20.9 Å². The molecule has 0 aliphatic heterocycles. The van der Waals surface area contributed by atoms with Crippen molar-refractivity contribution in [3.05, 3.63) is 50.3 Å². The van der Waals surface area contributed by atoms with Crippen LogP contribution < -0.4 is 5.56 Å². The lowest BCUT2D eigenvalue weighted by Gasteiger charge is -2.07. The predicted molar refractivity (Wildman–Crippen MR) is 70.2 cm³/mol. The molecule has 1 aromatic carbocycles. The highest BCUT2D eigenvalue weighted by Gasteiger charge is 2.15. The second kappa shape index (κ2) is 4.81. The number of carboxylic acid groups (broad SMARTS) is 1. The molecule has 0 bridgehead atoms. The molecule has 5 nitrogen and oxygen atoms in total. The summed E-state index contributed by atoms with van der Waals surface area (Å²) in [5, 5.41) is 11.4. The van der Waals surface area contributed by atoms with Gasteiger partial charge in [-0.3, -0.25) is 19.4 Å². The Kier molecular flexibility index (Phi) is 3.38. The molecule has 0 radical (unpaired) electrons. The van der Waals surface area contributed by atoms with Gasteiger partial charge < -0.3 is 5.11 Å². The number of aromatic nitrogens is 2. The van der Waals surface area contributed by atoms with Gasteiger partial charge in [0.25, 0.3) is 5.56 Å². The van der Waals surface area contributed by atoms with E-state index in [1.54, 1.807) is 11.6 Å². The van der Waals surface area contributed by atoms with Crippen molar-refractivity contribution in [2.75, 3.05) is 0 Å². The van der Waals surface area contributed by atoms with Crippen LogP contribution in [0, 0.1) is 6.92 Å². The number of H-pyrrole nitrogens is 1. The summed E-state index contributed by atoms with van der Waals surface area (Å²) in [6, 6.07) is 7.39. The normalized spacial score (nSPS) is 10.6. The standard InChI is InChI=1S/C12H11BrN2O3/c1-7-8(6-11(16)17)12(18)14-15(7)10-5-3-2-4-9(10)13/h2-5H,6H2,1H3,(H,14,18)(H,16,17). The van der Waals surface area contributed by atoms with Crippen molar-refractivity contribution in [1.82, 2.24) is 9.78 Å². The lowest BCUT2D eigenvalue weighted by atomic mass is 10.2. The summed E-state index contributed by atoms with van der Waals surface area (Å²) in [6.45, 7) is 1.72. The number of aliphatic carboxylic acids is 1. The maximum Gasteiger partial charge on any atom is 0.308 e. The first-order valence-corrected chi connectivity index (χ1v) is 6.07. The summed E-state index contributed by atoms with van der Waals surface area (Å²) in [6.07, 6.45) is -0.279. The molecule has 0 saturated carbocycles. The number of halogens is 1. The Morgan fingerprint density at radius 1 is 1.44 bits per heavy atom. The van der Waals surface area contributed by atoms with E-state index >= 15 is 0 Å². The maximum atomic E-state index is 11.7. The molecule has 0 aliphatic rings. The Hall–Kier alpha value is -1.82. The van der Waals surface area contributed by atoms with Gasteiger partial charge in [-0.25, -0.2) is 0 Å². The highest BCUT2D eigenvalue weighted by Crippen LogP contribution is 2.21. The third kappa shape index (κ3) is 2.24. The lowest BCUT2D eigenvalue weighted by molar-refractivity contribution is -0.136. The monoisotopic (exact) mass is 310 g/mol. The van der Waals surface area contributed by atoms with Gasteiger partial charge in [0.1, 0.15) is 0 Å². The van der Waals surface area contributed by atoms with Gasteiger partial charge in [0.2, 0.25) is 0 Å². The van der Waals surface area contributed by atoms with Gasteiger partial charge >= 0.3 is 5.97 Å². The number of para-hydroxylation sites is 1. The largest absolute Gasteiger partial charge is 0.481 e.